The van der Waals surface area contributed by atoms with Crippen molar-refractivity contribution in [2.45, 2.75) is 50.1 Å². The first-order valence-corrected chi connectivity index (χ1v) is 12.1. The molecule has 2 atom stereocenters. The van der Waals surface area contributed by atoms with Gasteiger partial charge >= 0.3 is 0 Å². The highest BCUT2D eigenvalue weighted by Crippen LogP contribution is 2.45. The third-order valence-electron chi connectivity index (χ3n) is 7.18. The van der Waals surface area contributed by atoms with E-state index in [1.54, 1.807) is 6.07 Å². The summed E-state index contributed by atoms with van der Waals surface area (Å²) in [6, 6.07) is 13.6. The number of nitrogens with zero attached hydrogens (tertiary/aromatic N) is 1. The number of benzene rings is 2. The van der Waals surface area contributed by atoms with Gasteiger partial charge in [0.2, 0.25) is 11.8 Å². The van der Waals surface area contributed by atoms with Crippen molar-refractivity contribution in [1.82, 2.24) is 10.2 Å². The van der Waals surface area contributed by atoms with E-state index in [9.17, 15) is 9.59 Å². The van der Waals surface area contributed by atoms with Gasteiger partial charge in [-0.05, 0) is 68.5 Å². The van der Waals surface area contributed by atoms with E-state index >= 15 is 0 Å². The summed E-state index contributed by atoms with van der Waals surface area (Å²) < 4.78 is 0. The van der Waals surface area contributed by atoms with E-state index in [1.807, 2.05) is 36.4 Å². The maximum atomic E-state index is 13.6. The minimum Gasteiger partial charge on any atom is -0.353 e. The van der Waals surface area contributed by atoms with Crippen molar-refractivity contribution in [3.63, 3.8) is 0 Å². The highest BCUT2D eigenvalue weighted by atomic mass is 35.5. The molecule has 32 heavy (non-hydrogen) atoms. The fraction of sp³-hybridized carbons (Fsp3) is 0.440. The topological polar surface area (TPSA) is 61.4 Å². The average molecular weight is 472 g/mol. The molecule has 0 radical (unpaired) electrons. The first-order chi connectivity index (χ1) is 15.5. The van der Waals surface area contributed by atoms with Crippen LogP contribution < -0.4 is 10.6 Å². The molecule has 2 N–H and O–H groups in total. The van der Waals surface area contributed by atoms with Crippen molar-refractivity contribution < 1.29 is 9.59 Å². The number of piperidine rings is 1. The van der Waals surface area contributed by atoms with E-state index in [0.717, 1.165) is 49.0 Å². The van der Waals surface area contributed by atoms with Crippen LogP contribution in [0.4, 0.5) is 5.69 Å². The Bertz CT molecular complexity index is 1060. The number of hydrogen-bond donors (Lipinski definition) is 2. The molecule has 5 rings (SSSR count). The van der Waals surface area contributed by atoms with E-state index in [1.165, 1.54) is 6.42 Å². The molecule has 2 heterocycles. The summed E-state index contributed by atoms with van der Waals surface area (Å²) in [7, 11) is 0. The molecule has 1 saturated heterocycles. The second-order valence-corrected chi connectivity index (χ2v) is 10.1. The second-order valence-electron chi connectivity index (χ2n) is 9.23. The molecule has 0 spiro atoms. The fourth-order valence-electron chi connectivity index (χ4n) is 5.28. The summed E-state index contributed by atoms with van der Waals surface area (Å²) in [6.07, 6.45) is 5.51. The van der Waals surface area contributed by atoms with Crippen LogP contribution >= 0.6 is 23.2 Å². The van der Waals surface area contributed by atoms with Crippen molar-refractivity contribution in [1.29, 1.82) is 0 Å². The van der Waals surface area contributed by atoms with E-state index < -0.39 is 5.54 Å². The van der Waals surface area contributed by atoms with Crippen LogP contribution in [0.15, 0.2) is 42.5 Å². The molecule has 7 heteroatoms. The quantitative estimate of drug-likeness (QED) is 0.660. The van der Waals surface area contributed by atoms with Gasteiger partial charge < -0.3 is 10.6 Å². The van der Waals surface area contributed by atoms with Crippen LogP contribution in [0.2, 0.25) is 10.0 Å². The largest absolute Gasteiger partial charge is 0.353 e. The van der Waals surface area contributed by atoms with Crippen molar-refractivity contribution in [2.75, 3.05) is 18.4 Å². The maximum absolute atomic E-state index is 13.6. The number of hydrogen-bond acceptors (Lipinski definition) is 3. The van der Waals surface area contributed by atoms with Gasteiger partial charge in [0.15, 0.2) is 0 Å². The lowest BCUT2D eigenvalue weighted by atomic mass is 9.80. The molecule has 3 aliphatic rings. The first kappa shape index (κ1) is 21.7. The summed E-state index contributed by atoms with van der Waals surface area (Å²) in [5.74, 6) is -0.0772. The zero-order valence-electron chi connectivity index (χ0n) is 17.9. The summed E-state index contributed by atoms with van der Waals surface area (Å²) in [5, 5.41) is 7.49. The molecule has 2 fully saturated rings. The number of halogens is 2. The van der Waals surface area contributed by atoms with Gasteiger partial charge in [0.05, 0.1) is 5.92 Å². The van der Waals surface area contributed by atoms with Gasteiger partial charge in [0.25, 0.3) is 0 Å². The molecular formula is C25H27Cl2N3O2. The Morgan fingerprint density at radius 3 is 2.66 bits per heavy atom. The van der Waals surface area contributed by atoms with E-state index in [0.29, 0.717) is 29.1 Å². The van der Waals surface area contributed by atoms with Gasteiger partial charge in [-0.3, -0.25) is 14.5 Å². The second kappa shape index (κ2) is 8.69. The number of carbonyl (C=O) groups is 2. The Kier molecular flexibility index (Phi) is 5.91. The molecule has 168 valence electrons. The molecule has 1 saturated carbocycles. The van der Waals surface area contributed by atoms with Crippen LogP contribution in [0.1, 0.15) is 43.2 Å². The van der Waals surface area contributed by atoms with Gasteiger partial charge in [0, 0.05) is 40.3 Å². The van der Waals surface area contributed by atoms with Crippen LogP contribution in [-0.4, -0.2) is 35.8 Å². The zero-order chi connectivity index (χ0) is 22.3. The Labute approximate surface area is 198 Å². The van der Waals surface area contributed by atoms with Crippen LogP contribution in [0, 0.1) is 5.92 Å². The van der Waals surface area contributed by atoms with Crippen molar-refractivity contribution >= 4 is 40.7 Å². The van der Waals surface area contributed by atoms with Crippen LogP contribution in [0.3, 0.4) is 0 Å². The number of carbonyl (C=O) groups excluding carboxylic acids is 2. The molecule has 2 aromatic carbocycles. The smallest absolute Gasteiger partial charge is 0.249 e. The van der Waals surface area contributed by atoms with Crippen molar-refractivity contribution in [3.05, 3.63) is 63.6 Å². The van der Waals surface area contributed by atoms with Crippen molar-refractivity contribution in [3.8, 4) is 0 Å². The Morgan fingerprint density at radius 1 is 1.09 bits per heavy atom. The maximum Gasteiger partial charge on any atom is 0.249 e. The number of rotatable bonds is 5. The van der Waals surface area contributed by atoms with Gasteiger partial charge in [0.1, 0.15) is 5.54 Å². The number of amides is 2. The number of anilines is 1. The monoisotopic (exact) mass is 471 g/mol. The molecule has 0 bridgehead atoms. The minimum atomic E-state index is -0.903. The number of fused-ring (bicyclic) bond motifs is 1. The standard InChI is InChI=1S/C25H27Cl2N3O2/c26-18-6-1-4-16(12-18)14-25(21-10-9-19(27)13-22(21)29-24(25)32)30-11-3-5-17(15-30)23(31)28-20-7-2-8-20/h1,4,6,9-10,12-13,17,20H,2-3,5,7-8,11,14-15H2,(H,28,31)(H,29,32). The van der Waals surface area contributed by atoms with Gasteiger partial charge in [-0.25, -0.2) is 0 Å². The van der Waals surface area contributed by atoms with Gasteiger partial charge in [-0.15, -0.1) is 0 Å². The summed E-state index contributed by atoms with van der Waals surface area (Å²) in [4.78, 5) is 28.8. The predicted molar refractivity (Wildman–Crippen MR) is 127 cm³/mol. The minimum absolute atomic E-state index is 0.0743. The Hall–Kier alpha value is -2.08. The normalized spacial score (nSPS) is 25.7. The van der Waals surface area contributed by atoms with Gasteiger partial charge in [-0.1, -0.05) is 41.4 Å². The SMILES string of the molecule is O=C(NC1CCC1)C1CCCN(C2(Cc3cccc(Cl)c3)C(=O)Nc3cc(Cl)ccc32)C1. The fourth-order valence-corrected chi connectivity index (χ4v) is 5.67. The molecule has 2 unspecified atom stereocenters. The van der Waals surface area contributed by atoms with Gasteiger partial charge in [-0.2, -0.15) is 0 Å². The highest BCUT2D eigenvalue weighted by Gasteiger charge is 2.52. The molecular weight excluding hydrogens is 445 g/mol. The molecule has 0 aromatic heterocycles. The lowest BCUT2D eigenvalue weighted by Crippen LogP contribution is -2.57. The highest BCUT2D eigenvalue weighted by molar-refractivity contribution is 6.31. The summed E-state index contributed by atoms with van der Waals surface area (Å²) in [5.41, 5.74) is 1.73. The Balaban J connectivity index is 1.50. The zero-order valence-corrected chi connectivity index (χ0v) is 19.4. The van der Waals surface area contributed by atoms with E-state index in [4.69, 9.17) is 23.2 Å². The summed E-state index contributed by atoms with van der Waals surface area (Å²) >= 11 is 12.5. The Morgan fingerprint density at radius 2 is 1.91 bits per heavy atom. The third-order valence-corrected chi connectivity index (χ3v) is 7.65. The molecule has 2 aliphatic heterocycles. The molecule has 2 aromatic rings. The lowest BCUT2D eigenvalue weighted by Gasteiger charge is -2.44. The van der Waals surface area contributed by atoms with E-state index in [-0.39, 0.29) is 17.7 Å². The first-order valence-electron chi connectivity index (χ1n) is 11.4. The number of likely N-dealkylation sites (tertiary alicyclic amines) is 1. The van der Waals surface area contributed by atoms with Crippen LogP contribution in [-0.2, 0) is 21.5 Å². The number of nitrogens with one attached hydrogen (secondary N) is 2. The molecule has 2 amide bonds. The van der Waals surface area contributed by atoms with Crippen LogP contribution in [0.25, 0.3) is 0 Å². The van der Waals surface area contributed by atoms with Crippen LogP contribution in [0.5, 0.6) is 0 Å². The average Bonchev–Trinajstić information content (AvgIpc) is 3.02. The van der Waals surface area contributed by atoms with E-state index in [2.05, 4.69) is 15.5 Å². The summed E-state index contributed by atoms with van der Waals surface area (Å²) in [6.45, 7) is 1.30. The lowest BCUT2D eigenvalue weighted by molar-refractivity contribution is -0.135. The molecule has 1 aliphatic carbocycles. The predicted octanol–water partition coefficient (Wildman–Crippen LogP) is 4.76. The van der Waals surface area contributed by atoms with Crippen molar-refractivity contribution in [2.24, 2.45) is 5.92 Å². The molecule has 5 nitrogen and oxygen atoms in total. The third kappa shape index (κ3) is 3.91.